The van der Waals surface area contributed by atoms with E-state index in [-0.39, 0.29) is 29.2 Å². The van der Waals surface area contributed by atoms with Gasteiger partial charge in [0.05, 0.1) is 32.2 Å². The van der Waals surface area contributed by atoms with Gasteiger partial charge in [-0.25, -0.2) is 9.97 Å². The lowest BCUT2D eigenvalue weighted by Gasteiger charge is -2.18. The first-order valence-electron chi connectivity index (χ1n) is 15.0. The third kappa shape index (κ3) is 7.40. The topological polar surface area (TPSA) is 101 Å². The van der Waals surface area contributed by atoms with E-state index < -0.39 is 0 Å². The molecule has 0 saturated carbocycles. The number of Topliss-reactive ketones (excluding diaryl/α,β-unsaturated/α-hetero) is 1. The lowest BCUT2D eigenvalue weighted by molar-refractivity contribution is -0.121. The van der Waals surface area contributed by atoms with Crippen molar-refractivity contribution in [2.45, 2.75) is 25.7 Å². The molecule has 0 fully saturated rings. The van der Waals surface area contributed by atoms with E-state index in [4.69, 9.17) is 23.2 Å². The lowest BCUT2D eigenvalue weighted by Crippen LogP contribution is -2.16. The number of nitrogens with zero attached hydrogens (tertiary/aromatic N) is 2. The first kappa shape index (κ1) is 33.2. The van der Waals surface area contributed by atoms with Crippen molar-refractivity contribution < 1.29 is 14.4 Å². The highest BCUT2D eigenvalue weighted by atomic mass is 35.5. The van der Waals surface area contributed by atoms with E-state index in [0.29, 0.717) is 41.2 Å². The number of carbonyl (C=O) groups is 3. The average molecular weight is 712 g/mol. The van der Waals surface area contributed by atoms with Crippen LogP contribution < -0.4 is 10.6 Å². The largest absolute Gasteiger partial charge is 0.332 e. The van der Waals surface area contributed by atoms with E-state index in [0.717, 1.165) is 22.5 Å². The van der Waals surface area contributed by atoms with Gasteiger partial charge in [-0.15, -0.1) is 0 Å². The maximum absolute atomic E-state index is 13.7. The Balaban J connectivity index is 1.11. The van der Waals surface area contributed by atoms with Crippen LogP contribution in [-0.2, 0) is 4.79 Å². The normalized spacial score (nSPS) is 12.2. The van der Waals surface area contributed by atoms with Gasteiger partial charge in [-0.3, -0.25) is 14.4 Å². The number of ketones is 3. The highest BCUT2D eigenvalue weighted by Gasteiger charge is 2.24. The molecule has 2 N–H and O–H groups in total. The Bertz CT molecular complexity index is 2000. The molecule has 0 saturated heterocycles. The monoisotopic (exact) mass is 710 g/mol. The SMILES string of the molecule is CC(C(=O)C(C)c1cccc(Nc2ncc(C(=O)c3ccccc3Cl)s2)c1)c1cccc(Nc2ncc(C(=O)c3ccccc3Cl)s2)c1. The van der Waals surface area contributed by atoms with E-state index >= 15 is 0 Å². The van der Waals surface area contributed by atoms with E-state index in [9.17, 15) is 14.4 Å². The Morgan fingerprint density at radius 2 is 1.02 bits per heavy atom. The molecular formula is C37H28Cl2N4O3S2. The fourth-order valence-corrected chi connectivity index (χ4v) is 7.18. The van der Waals surface area contributed by atoms with E-state index in [1.807, 2.05) is 62.4 Å². The van der Waals surface area contributed by atoms with Crippen molar-refractivity contribution in [1.29, 1.82) is 0 Å². The van der Waals surface area contributed by atoms with Gasteiger partial charge >= 0.3 is 0 Å². The maximum Gasteiger partial charge on any atom is 0.206 e. The molecule has 4 aromatic carbocycles. The molecule has 11 heteroatoms. The summed E-state index contributed by atoms with van der Waals surface area (Å²) in [6.45, 7) is 3.80. The summed E-state index contributed by atoms with van der Waals surface area (Å²) in [5.74, 6) is -1.08. The second-order valence-electron chi connectivity index (χ2n) is 11.0. The number of benzene rings is 4. The molecule has 6 aromatic rings. The minimum absolute atomic E-state index is 0.0630. The molecule has 0 radical (unpaired) electrons. The molecule has 2 atom stereocenters. The number of aromatic nitrogens is 2. The summed E-state index contributed by atoms with van der Waals surface area (Å²) >= 11 is 14.9. The van der Waals surface area contributed by atoms with E-state index in [2.05, 4.69) is 20.6 Å². The smallest absolute Gasteiger partial charge is 0.206 e. The van der Waals surface area contributed by atoms with Crippen molar-refractivity contribution >= 4 is 84.9 Å². The number of nitrogens with one attached hydrogen (secondary N) is 2. The third-order valence-corrected chi connectivity index (χ3v) is 10.3. The number of rotatable bonds is 12. The fraction of sp³-hybridized carbons (Fsp3) is 0.108. The van der Waals surface area contributed by atoms with Crippen molar-refractivity contribution in [2.24, 2.45) is 0 Å². The van der Waals surface area contributed by atoms with Gasteiger partial charge in [-0.2, -0.15) is 0 Å². The summed E-state index contributed by atoms with van der Waals surface area (Å²) in [6, 6.07) is 29.1. The van der Waals surface area contributed by atoms with Crippen molar-refractivity contribution in [3.63, 3.8) is 0 Å². The van der Waals surface area contributed by atoms with Gasteiger partial charge in [0.25, 0.3) is 0 Å². The molecule has 7 nitrogen and oxygen atoms in total. The maximum atomic E-state index is 13.7. The summed E-state index contributed by atoms with van der Waals surface area (Å²) in [5, 5.41) is 8.42. The van der Waals surface area contributed by atoms with Crippen molar-refractivity contribution in [3.05, 3.63) is 152 Å². The number of hydrogen-bond donors (Lipinski definition) is 2. The molecule has 0 spiro atoms. The fourth-order valence-electron chi connectivity index (χ4n) is 5.15. The van der Waals surface area contributed by atoms with Gasteiger partial charge in [-0.1, -0.05) is 108 Å². The Hall–Kier alpha value is -4.67. The second kappa shape index (κ2) is 14.6. The zero-order valence-corrected chi connectivity index (χ0v) is 28.9. The van der Waals surface area contributed by atoms with Crippen LogP contribution in [0.2, 0.25) is 10.0 Å². The number of thiazole rings is 2. The van der Waals surface area contributed by atoms with Crippen molar-refractivity contribution in [1.82, 2.24) is 9.97 Å². The highest BCUT2D eigenvalue weighted by molar-refractivity contribution is 7.18. The Kier molecular flexibility index (Phi) is 10.1. The highest BCUT2D eigenvalue weighted by Crippen LogP contribution is 2.32. The Labute approximate surface area is 295 Å². The van der Waals surface area contributed by atoms with Crippen LogP contribution >= 0.6 is 45.9 Å². The second-order valence-corrected chi connectivity index (χ2v) is 13.9. The van der Waals surface area contributed by atoms with E-state index in [1.165, 1.54) is 35.1 Å². The molecule has 2 unspecified atom stereocenters. The molecule has 0 bridgehead atoms. The summed E-state index contributed by atoms with van der Waals surface area (Å²) in [4.78, 5) is 49.2. The van der Waals surface area contributed by atoms with Crippen LogP contribution in [0.25, 0.3) is 0 Å². The van der Waals surface area contributed by atoms with Crippen LogP contribution in [0.4, 0.5) is 21.6 Å². The van der Waals surface area contributed by atoms with Crippen LogP contribution in [0.5, 0.6) is 0 Å². The molecule has 0 aliphatic heterocycles. The lowest BCUT2D eigenvalue weighted by atomic mass is 9.85. The molecule has 6 rings (SSSR count). The summed E-state index contributed by atoms with van der Waals surface area (Å²) in [5.41, 5.74) is 4.08. The number of anilines is 4. The third-order valence-electron chi connectivity index (χ3n) is 7.83. The van der Waals surface area contributed by atoms with Gasteiger partial charge in [0.1, 0.15) is 5.78 Å². The zero-order chi connectivity index (χ0) is 33.8. The zero-order valence-electron chi connectivity index (χ0n) is 25.7. The molecule has 240 valence electrons. The molecular weight excluding hydrogens is 683 g/mol. The minimum Gasteiger partial charge on any atom is -0.332 e. The predicted octanol–water partition coefficient (Wildman–Crippen LogP) is 10.3. The number of hydrogen-bond acceptors (Lipinski definition) is 9. The molecule has 0 aliphatic rings. The molecule has 48 heavy (non-hydrogen) atoms. The predicted molar refractivity (Wildman–Crippen MR) is 195 cm³/mol. The number of halogens is 2. The van der Waals surface area contributed by atoms with Gasteiger partial charge < -0.3 is 10.6 Å². The Morgan fingerprint density at radius 1 is 0.604 bits per heavy atom. The minimum atomic E-state index is -0.385. The van der Waals surface area contributed by atoms with Gasteiger partial charge in [-0.05, 0) is 59.7 Å². The quantitative estimate of drug-likeness (QED) is 0.122. The van der Waals surface area contributed by atoms with Gasteiger partial charge in [0, 0.05) is 34.3 Å². The summed E-state index contributed by atoms with van der Waals surface area (Å²) in [7, 11) is 0. The summed E-state index contributed by atoms with van der Waals surface area (Å²) < 4.78 is 0. The molecule has 2 heterocycles. The first-order chi connectivity index (χ1) is 23.2. The van der Waals surface area contributed by atoms with Crippen LogP contribution in [0.1, 0.15) is 67.3 Å². The molecule has 0 aliphatic carbocycles. The molecule has 2 aromatic heterocycles. The van der Waals surface area contributed by atoms with Crippen molar-refractivity contribution in [2.75, 3.05) is 10.6 Å². The van der Waals surface area contributed by atoms with Crippen LogP contribution in [-0.4, -0.2) is 27.3 Å². The van der Waals surface area contributed by atoms with Crippen LogP contribution in [0.3, 0.4) is 0 Å². The van der Waals surface area contributed by atoms with Crippen LogP contribution in [0.15, 0.2) is 109 Å². The first-order valence-corrected chi connectivity index (χ1v) is 17.3. The standard InChI is InChI=1S/C37H28Cl2N4O3S2/c1-21(23-9-7-11-25(17-23)42-36-40-19-31(47-36)34(45)27-13-3-5-15-29(27)38)33(44)22(2)24-10-8-12-26(18-24)43-37-41-20-32(48-37)35(46)28-14-4-6-16-30(28)39/h3-22H,1-2H3,(H,40,42)(H,41,43). The average Bonchev–Trinajstić information content (AvgIpc) is 3.77. The molecule has 0 amide bonds. The number of carbonyl (C=O) groups excluding carboxylic acids is 3. The van der Waals surface area contributed by atoms with Crippen molar-refractivity contribution in [3.8, 4) is 0 Å². The Morgan fingerprint density at radius 3 is 1.44 bits per heavy atom. The van der Waals surface area contributed by atoms with Gasteiger partial charge in [0.15, 0.2) is 10.3 Å². The van der Waals surface area contributed by atoms with E-state index in [1.54, 1.807) is 48.5 Å². The van der Waals surface area contributed by atoms with Crippen LogP contribution in [0, 0.1) is 0 Å². The summed E-state index contributed by atoms with van der Waals surface area (Å²) in [6.07, 6.45) is 3.07. The van der Waals surface area contributed by atoms with Gasteiger partial charge in [0.2, 0.25) is 11.6 Å².